The van der Waals surface area contributed by atoms with E-state index in [2.05, 4.69) is 22.0 Å². The number of halogens is 1. The van der Waals surface area contributed by atoms with Crippen LogP contribution in [0.3, 0.4) is 0 Å². The van der Waals surface area contributed by atoms with Gasteiger partial charge in [-0.1, -0.05) is 6.92 Å². The number of ether oxygens (including phenoxy) is 2. The van der Waals surface area contributed by atoms with Crippen molar-refractivity contribution in [3.05, 3.63) is 17.8 Å². The minimum Gasteiger partial charge on any atom is -0.480 e. The second-order valence-electron chi connectivity index (χ2n) is 3.74. The largest absolute Gasteiger partial charge is 0.480 e. The number of nitrogens with zero attached hydrogens (tertiary/aromatic N) is 3. The van der Waals surface area contributed by atoms with E-state index >= 15 is 0 Å². The lowest BCUT2D eigenvalue weighted by atomic mass is 10.3. The summed E-state index contributed by atoms with van der Waals surface area (Å²) in [6.07, 6.45) is 0. The van der Waals surface area contributed by atoms with E-state index in [1.165, 1.54) is 0 Å². The molecule has 0 spiro atoms. The summed E-state index contributed by atoms with van der Waals surface area (Å²) < 4.78 is 10.3. The highest BCUT2D eigenvalue weighted by molar-refractivity contribution is 6.17. The van der Waals surface area contributed by atoms with E-state index in [0.29, 0.717) is 25.0 Å². The van der Waals surface area contributed by atoms with Crippen molar-refractivity contribution in [2.45, 2.75) is 13.5 Å². The minimum absolute atomic E-state index is 0.534. The van der Waals surface area contributed by atoms with Gasteiger partial charge in [0, 0.05) is 25.0 Å². The molecule has 0 fully saturated rings. The highest BCUT2D eigenvalue weighted by Crippen LogP contribution is 2.06. The molecule has 0 aliphatic heterocycles. The van der Waals surface area contributed by atoms with Crippen molar-refractivity contribution in [3.8, 4) is 5.88 Å². The van der Waals surface area contributed by atoms with Gasteiger partial charge in [0.1, 0.15) is 0 Å². The molecule has 1 rings (SSSR count). The average molecular weight is 274 g/mol. The summed E-state index contributed by atoms with van der Waals surface area (Å²) in [5, 5.41) is 8.05. The highest BCUT2D eigenvalue weighted by atomic mass is 35.5. The monoisotopic (exact) mass is 273 g/mol. The lowest BCUT2D eigenvalue weighted by Gasteiger charge is -2.19. The Labute approximate surface area is 113 Å². The van der Waals surface area contributed by atoms with E-state index < -0.39 is 0 Å². The first kappa shape index (κ1) is 15.1. The average Bonchev–Trinajstić information content (AvgIpc) is 2.43. The van der Waals surface area contributed by atoms with Crippen LogP contribution >= 0.6 is 11.6 Å². The second-order valence-corrected chi connectivity index (χ2v) is 4.12. The first-order valence-corrected chi connectivity index (χ1v) is 6.56. The molecule has 0 aliphatic carbocycles. The van der Waals surface area contributed by atoms with Crippen LogP contribution in [0, 0.1) is 0 Å². The summed E-state index contributed by atoms with van der Waals surface area (Å²) in [5.74, 6) is 1.07. The van der Waals surface area contributed by atoms with Gasteiger partial charge in [-0.15, -0.1) is 16.7 Å². The molecule has 0 aliphatic rings. The fourth-order valence-electron chi connectivity index (χ4n) is 1.47. The van der Waals surface area contributed by atoms with Crippen molar-refractivity contribution in [1.82, 2.24) is 15.1 Å². The van der Waals surface area contributed by atoms with Crippen LogP contribution in [0.25, 0.3) is 0 Å². The smallest absolute Gasteiger partial charge is 0.233 e. The van der Waals surface area contributed by atoms with E-state index in [4.69, 9.17) is 21.1 Å². The minimum atomic E-state index is 0.534. The molecule has 0 bridgehead atoms. The molecule has 0 aromatic carbocycles. The SMILES string of the molecule is CCN(CCOCCCl)Cc1ccc(OC)nn1. The van der Waals surface area contributed by atoms with Crippen LogP contribution in [0.4, 0.5) is 0 Å². The van der Waals surface area contributed by atoms with E-state index in [0.717, 1.165) is 25.3 Å². The van der Waals surface area contributed by atoms with Crippen molar-refractivity contribution in [1.29, 1.82) is 0 Å². The predicted molar refractivity (Wildman–Crippen MR) is 71.1 cm³/mol. The van der Waals surface area contributed by atoms with Crippen molar-refractivity contribution < 1.29 is 9.47 Å². The number of methoxy groups -OCH3 is 1. The Kier molecular flexibility index (Phi) is 7.64. The molecule has 0 N–H and O–H groups in total. The summed E-state index contributed by atoms with van der Waals surface area (Å²) in [6.45, 7) is 5.96. The lowest BCUT2D eigenvalue weighted by molar-refractivity contribution is 0.113. The molecule has 6 heteroatoms. The fraction of sp³-hybridized carbons (Fsp3) is 0.667. The zero-order valence-electron chi connectivity index (χ0n) is 10.9. The maximum absolute atomic E-state index is 5.54. The van der Waals surface area contributed by atoms with Crippen LogP contribution in [0.15, 0.2) is 12.1 Å². The van der Waals surface area contributed by atoms with Crippen molar-refractivity contribution in [3.63, 3.8) is 0 Å². The summed E-state index contributed by atoms with van der Waals surface area (Å²) in [5.41, 5.74) is 0.926. The van der Waals surface area contributed by atoms with Gasteiger partial charge >= 0.3 is 0 Å². The van der Waals surface area contributed by atoms with Gasteiger partial charge in [0.2, 0.25) is 5.88 Å². The third-order valence-corrected chi connectivity index (χ3v) is 2.66. The normalized spacial score (nSPS) is 10.9. The molecule has 0 radical (unpaired) electrons. The summed E-state index contributed by atoms with van der Waals surface area (Å²) in [4.78, 5) is 2.24. The number of likely N-dealkylation sites (N-methyl/N-ethyl adjacent to an activating group) is 1. The standard InChI is InChI=1S/C12H20ClN3O2/c1-3-16(7-9-18-8-6-13)10-11-4-5-12(17-2)15-14-11/h4-5H,3,6-10H2,1-2H3. The van der Waals surface area contributed by atoms with E-state index in [1.807, 2.05) is 12.1 Å². The first-order valence-electron chi connectivity index (χ1n) is 6.02. The molecule has 1 aromatic rings. The number of hydrogen-bond acceptors (Lipinski definition) is 5. The molecular formula is C12H20ClN3O2. The van der Waals surface area contributed by atoms with Gasteiger partial charge in [0.05, 0.1) is 26.0 Å². The van der Waals surface area contributed by atoms with Gasteiger partial charge in [-0.3, -0.25) is 4.90 Å². The fourth-order valence-corrected chi connectivity index (χ4v) is 1.58. The Morgan fingerprint density at radius 1 is 1.28 bits per heavy atom. The van der Waals surface area contributed by atoms with Gasteiger partial charge in [0.15, 0.2) is 0 Å². The van der Waals surface area contributed by atoms with Crippen LogP contribution < -0.4 is 4.74 Å². The Hall–Kier alpha value is -0.910. The quantitative estimate of drug-likeness (QED) is 0.505. The molecule has 0 saturated carbocycles. The van der Waals surface area contributed by atoms with E-state index in [1.54, 1.807) is 7.11 Å². The van der Waals surface area contributed by atoms with E-state index in [-0.39, 0.29) is 0 Å². The summed E-state index contributed by atoms with van der Waals surface area (Å²) in [6, 6.07) is 3.74. The Morgan fingerprint density at radius 2 is 2.11 bits per heavy atom. The summed E-state index contributed by atoms with van der Waals surface area (Å²) >= 11 is 5.54. The highest BCUT2D eigenvalue weighted by Gasteiger charge is 2.05. The Balaban J connectivity index is 2.36. The molecule has 0 atom stereocenters. The molecule has 5 nitrogen and oxygen atoms in total. The number of hydrogen-bond donors (Lipinski definition) is 0. The third kappa shape index (κ3) is 5.62. The molecule has 102 valence electrons. The molecule has 1 aromatic heterocycles. The van der Waals surface area contributed by atoms with Crippen LogP contribution in [0.5, 0.6) is 5.88 Å². The maximum atomic E-state index is 5.54. The van der Waals surface area contributed by atoms with Crippen molar-refractivity contribution in [2.24, 2.45) is 0 Å². The molecule has 0 amide bonds. The number of rotatable bonds is 9. The molecular weight excluding hydrogens is 254 g/mol. The van der Waals surface area contributed by atoms with Crippen LogP contribution in [-0.4, -0.2) is 54.4 Å². The van der Waals surface area contributed by atoms with Gasteiger partial charge in [-0.25, -0.2) is 0 Å². The van der Waals surface area contributed by atoms with Crippen LogP contribution in [0.2, 0.25) is 0 Å². The first-order chi connectivity index (χ1) is 8.80. The number of alkyl halides is 1. The molecule has 18 heavy (non-hydrogen) atoms. The van der Waals surface area contributed by atoms with Crippen LogP contribution in [-0.2, 0) is 11.3 Å². The van der Waals surface area contributed by atoms with E-state index in [9.17, 15) is 0 Å². The molecule has 1 heterocycles. The maximum Gasteiger partial charge on any atom is 0.233 e. The zero-order valence-corrected chi connectivity index (χ0v) is 11.7. The second kappa shape index (κ2) is 9.08. The van der Waals surface area contributed by atoms with Crippen molar-refractivity contribution in [2.75, 3.05) is 39.3 Å². The topological polar surface area (TPSA) is 47.5 Å². The third-order valence-electron chi connectivity index (χ3n) is 2.51. The van der Waals surface area contributed by atoms with Gasteiger partial charge < -0.3 is 9.47 Å². The Bertz CT molecular complexity index is 322. The van der Waals surface area contributed by atoms with Crippen molar-refractivity contribution >= 4 is 11.6 Å². The zero-order chi connectivity index (χ0) is 13.2. The Morgan fingerprint density at radius 3 is 2.67 bits per heavy atom. The molecule has 0 saturated heterocycles. The lowest BCUT2D eigenvalue weighted by Crippen LogP contribution is -2.27. The number of aromatic nitrogens is 2. The molecule has 0 unspecified atom stereocenters. The van der Waals surface area contributed by atoms with Crippen LogP contribution in [0.1, 0.15) is 12.6 Å². The summed E-state index contributed by atoms with van der Waals surface area (Å²) in [7, 11) is 1.58. The van der Waals surface area contributed by atoms with Gasteiger partial charge in [-0.2, -0.15) is 5.10 Å². The van der Waals surface area contributed by atoms with Gasteiger partial charge in [-0.05, 0) is 12.6 Å². The predicted octanol–water partition coefficient (Wildman–Crippen LogP) is 1.56. The van der Waals surface area contributed by atoms with Gasteiger partial charge in [0.25, 0.3) is 0 Å².